The molecule has 1 heterocycles. The van der Waals surface area contributed by atoms with E-state index in [0.717, 1.165) is 10.0 Å². The van der Waals surface area contributed by atoms with Gasteiger partial charge < -0.3 is 9.15 Å². The van der Waals surface area contributed by atoms with Gasteiger partial charge in [0.25, 0.3) is 5.22 Å². The molecule has 3 rings (SSSR count). The van der Waals surface area contributed by atoms with Crippen LogP contribution in [0.3, 0.4) is 0 Å². The van der Waals surface area contributed by atoms with E-state index in [9.17, 15) is 4.79 Å². The summed E-state index contributed by atoms with van der Waals surface area (Å²) in [4.78, 5) is 12.3. The average Bonchev–Trinajstić information content (AvgIpc) is 3.09. The molecule has 0 radical (unpaired) electrons. The number of carbonyl (C=O) groups excluding carboxylic acids is 1. The van der Waals surface area contributed by atoms with Crippen LogP contribution in [-0.2, 0) is 0 Å². The predicted octanol–water partition coefficient (Wildman–Crippen LogP) is 4.48. The SMILES string of the molecule is COc1ccccc1C(=O)CSc1nnc(-c2ccc(Br)cc2)o1. The largest absolute Gasteiger partial charge is 0.496 e. The zero-order chi connectivity index (χ0) is 16.9. The van der Waals surface area contributed by atoms with E-state index < -0.39 is 0 Å². The van der Waals surface area contributed by atoms with Crippen molar-refractivity contribution in [2.24, 2.45) is 0 Å². The van der Waals surface area contributed by atoms with E-state index >= 15 is 0 Å². The van der Waals surface area contributed by atoms with Gasteiger partial charge in [-0.25, -0.2) is 0 Å². The van der Waals surface area contributed by atoms with Crippen LogP contribution in [-0.4, -0.2) is 28.8 Å². The second kappa shape index (κ2) is 7.63. The third-order valence-corrected chi connectivity index (χ3v) is 4.58. The van der Waals surface area contributed by atoms with Crippen molar-refractivity contribution in [1.82, 2.24) is 10.2 Å². The number of rotatable bonds is 6. The monoisotopic (exact) mass is 404 g/mol. The van der Waals surface area contributed by atoms with E-state index in [1.807, 2.05) is 30.3 Å². The van der Waals surface area contributed by atoms with Crippen LogP contribution in [0, 0.1) is 0 Å². The van der Waals surface area contributed by atoms with Crippen LogP contribution in [0.5, 0.6) is 5.75 Å². The van der Waals surface area contributed by atoms with Crippen molar-refractivity contribution in [3.8, 4) is 17.2 Å². The Morgan fingerprint density at radius 1 is 1.17 bits per heavy atom. The highest BCUT2D eigenvalue weighted by Crippen LogP contribution is 2.26. The zero-order valence-corrected chi connectivity index (χ0v) is 15.1. The molecular weight excluding hydrogens is 392 g/mol. The molecule has 0 unspecified atom stereocenters. The van der Waals surface area contributed by atoms with Gasteiger partial charge in [-0.15, -0.1) is 10.2 Å². The summed E-state index contributed by atoms with van der Waals surface area (Å²) in [5.41, 5.74) is 1.37. The minimum absolute atomic E-state index is 0.0548. The van der Waals surface area contributed by atoms with Crippen LogP contribution in [0.15, 0.2) is 62.6 Å². The Hall–Kier alpha value is -2.12. The van der Waals surface area contributed by atoms with E-state index in [4.69, 9.17) is 9.15 Å². The van der Waals surface area contributed by atoms with Crippen molar-refractivity contribution in [3.05, 3.63) is 58.6 Å². The predicted molar refractivity (Wildman–Crippen MR) is 95.5 cm³/mol. The van der Waals surface area contributed by atoms with Crippen LogP contribution in [0.4, 0.5) is 0 Å². The summed E-state index contributed by atoms with van der Waals surface area (Å²) in [6.45, 7) is 0. The first-order valence-corrected chi connectivity index (χ1v) is 8.83. The number of benzene rings is 2. The molecule has 0 aliphatic rings. The van der Waals surface area contributed by atoms with Gasteiger partial charge in [0.2, 0.25) is 5.89 Å². The van der Waals surface area contributed by atoms with Gasteiger partial charge in [-0.3, -0.25) is 4.79 Å². The van der Waals surface area contributed by atoms with Gasteiger partial charge in [-0.2, -0.15) is 0 Å². The molecule has 24 heavy (non-hydrogen) atoms. The van der Waals surface area contributed by atoms with Gasteiger partial charge in [-0.1, -0.05) is 39.8 Å². The summed E-state index contributed by atoms with van der Waals surface area (Å²) in [6, 6.07) is 14.7. The number of nitrogens with zero attached hydrogens (tertiary/aromatic N) is 2. The second-order valence-corrected chi connectivity index (χ2v) is 6.63. The minimum atomic E-state index is -0.0548. The lowest BCUT2D eigenvalue weighted by Crippen LogP contribution is -2.04. The molecule has 2 aromatic carbocycles. The lowest BCUT2D eigenvalue weighted by atomic mass is 10.1. The van der Waals surface area contributed by atoms with Crippen LogP contribution in [0.1, 0.15) is 10.4 Å². The molecule has 3 aromatic rings. The molecule has 122 valence electrons. The minimum Gasteiger partial charge on any atom is -0.496 e. The Balaban J connectivity index is 1.67. The molecule has 7 heteroatoms. The van der Waals surface area contributed by atoms with Gasteiger partial charge in [0.05, 0.1) is 18.4 Å². The number of Topliss-reactive ketones (excluding diaryl/α,β-unsaturated/α-hetero) is 1. The molecular formula is C17H13BrN2O3S. The van der Waals surface area contributed by atoms with Crippen LogP contribution in [0.25, 0.3) is 11.5 Å². The average molecular weight is 405 g/mol. The Kier molecular flexibility index (Phi) is 5.32. The number of thioether (sulfide) groups is 1. The number of carbonyl (C=O) groups is 1. The molecule has 0 saturated carbocycles. The van der Waals surface area contributed by atoms with Crippen molar-refractivity contribution >= 4 is 33.5 Å². The van der Waals surface area contributed by atoms with Gasteiger partial charge >= 0.3 is 0 Å². The number of hydrogen-bond donors (Lipinski definition) is 0. The first kappa shape index (κ1) is 16.7. The standard InChI is InChI=1S/C17H13BrN2O3S/c1-22-15-5-3-2-4-13(15)14(21)10-24-17-20-19-16(23-17)11-6-8-12(18)9-7-11/h2-9H,10H2,1H3. The maximum atomic E-state index is 12.3. The van der Waals surface area contributed by atoms with E-state index in [0.29, 0.717) is 22.4 Å². The van der Waals surface area contributed by atoms with Gasteiger partial charge in [0.15, 0.2) is 5.78 Å². The van der Waals surface area contributed by atoms with E-state index in [1.165, 1.54) is 11.8 Å². The summed E-state index contributed by atoms with van der Waals surface area (Å²) in [5.74, 6) is 1.13. The fourth-order valence-corrected chi connectivity index (χ4v) is 2.97. The van der Waals surface area contributed by atoms with E-state index in [2.05, 4.69) is 26.1 Å². The summed E-state index contributed by atoms with van der Waals surface area (Å²) < 4.78 is 11.8. The second-order valence-electron chi connectivity index (χ2n) is 4.79. The van der Waals surface area contributed by atoms with Crippen molar-refractivity contribution in [3.63, 3.8) is 0 Å². The molecule has 1 aromatic heterocycles. The fourth-order valence-electron chi connectivity index (χ4n) is 2.06. The van der Waals surface area contributed by atoms with Crippen LogP contribution >= 0.6 is 27.7 Å². The number of methoxy groups -OCH3 is 1. The number of halogens is 1. The van der Waals surface area contributed by atoms with Crippen molar-refractivity contribution < 1.29 is 13.9 Å². The number of hydrogen-bond acceptors (Lipinski definition) is 6. The van der Waals surface area contributed by atoms with Gasteiger partial charge in [0, 0.05) is 10.0 Å². The summed E-state index contributed by atoms with van der Waals surface area (Å²) >= 11 is 4.59. The maximum Gasteiger partial charge on any atom is 0.277 e. The smallest absolute Gasteiger partial charge is 0.277 e. The normalized spacial score (nSPS) is 10.6. The Morgan fingerprint density at radius 2 is 1.92 bits per heavy atom. The summed E-state index contributed by atoms with van der Waals surface area (Å²) in [6.07, 6.45) is 0. The quantitative estimate of drug-likeness (QED) is 0.445. The highest BCUT2D eigenvalue weighted by molar-refractivity contribution is 9.10. The topological polar surface area (TPSA) is 65.2 Å². The highest BCUT2D eigenvalue weighted by atomic mass is 79.9. The van der Waals surface area contributed by atoms with Gasteiger partial charge in [-0.05, 0) is 36.4 Å². The molecule has 0 saturated heterocycles. The number of ether oxygens (including phenoxy) is 1. The molecule has 0 aliphatic heterocycles. The number of para-hydroxylation sites is 1. The van der Waals surface area contributed by atoms with E-state index in [-0.39, 0.29) is 11.5 Å². The van der Waals surface area contributed by atoms with Crippen LogP contribution < -0.4 is 4.74 Å². The molecule has 0 N–H and O–H groups in total. The van der Waals surface area contributed by atoms with Crippen molar-refractivity contribution in [1.29, 1.82) is 0 Å². The molecule has 5 nitrogen and oxygen atoms in total. The van der Waals surface area contributed by atoms with Crippen molar-refractivity contribution in [2.45, 2.75) is 5.22 Å². The van der Waals surface area contributed by atoms with Crippen LogP contribution in [0.2, 0.25) is 0 Å². The molecule has 0 bridgehead atoms. The summed E-state index contributed by atoms with van der Waals surface area (Å²) in [5, 5.41) is 8.34. The first-order chi connectivity index (χ1) is 11.7. The Bertz CT molecular complexity index is 849. The maximum absolute atomic E-state index is 12.3. The highest BCUT2D eigenvalue weighted by Gasteiger charge is 2.15. The molecule has 0 atom stereocenters. The molecule has 0 aliphatic carbocycles. The Labute approximate surface area is 151 Å². The molecule has 0 spiro atoms. The van der Waals surface area contributed by atoms with Gasteiger partial charge in [0.1, 0.15) is 5.75 Å². The summed E-state index contributed by atoms with van der Waals surface area (Å²) in [7, 11) is 1.54. The fraction of sp³-hybridized carbons (Fsp3) is 0.118. The van der Waals surface area contributed by atoms with Crippen molar-refractivity contribution in [2.75, 3.05) is 12.9 Å². The number of ketones is 1. The first-order valence-electron chi connectivity index (χ1n) is 7.06. The number of aromatic nitrogens is 2. The lowest BCUT2D eigenvalue weighted by molar-refractivity contribution is 0.101. The molecule has 0 amide bonds. The zero-order valence-electron chi connectivity index (χ0n) is 12.7. The third kappa shape index (κ3) is 3.85. The third-order valence-electron chi connectivity index (χ3n) is 3.23. The van der Waals surface area contributed by atoms with E-state index in [1.54, 1.807) is 25.3 Å². The molecule has 0 fully saturated rings. The lowest BCUT2D eigenvalue weighted by Gasteiger charge is -2.05. The Morgan fingerprint density at radius 3 is 2.67 bits per heavy atom.